The van der Waals surface area contributed by atoms with E-state index in [-0.39, 0.29) is 12.0 Å². The predicted octanol–water partition coefficient (Wildman–Crippen LogP) is 2.61. The number of carbonyl (C=O) groups excluding carboxylic acids is 2. The molecule has 0 spiro atoms. The Morgan fingerprint density at radius 3 is 2.77 bits per heavy atom. The Morgan fingerprint density at radius 2 is 2.08 bits per heavy atom. The Hall–Kier alpha value is -1.96. The fraction of sp³-hybridized carbons (Fsp3) is 0.611. The number of nitrogens with zero attached hydrogens (tertiary/aromatic N) is 1. The second kappa shape index (κ2) is 9.66. The van der Waals surface area contributed by atoms with Gasteiger partial charge in [0.2, 0.25) is 5.88 Å². The van der Waals surface area contributed by atoms with E-state index in [2.05, 4.69) is 15.6 Å². The fourth-order valence-electron chi connectivity index (χ4n) is 2.29. The molecular weight excluding hydrogens is 354 g/mol. The number of thioether (sulfide) groups is 1. The Labute approximate surface area is 158 Å². The summed E-state index contributed by atoms with van der Waals surface area (Å²) < 4.78 is 10.9. The number of alkyl carbamates (subject to hydrolysis) is 1. The van der Waals surface area contributed by atoms with Crippen molar-refractivity contribution in [2.45, 2.75) is 45.3 Å². The molecule has 1 aromatic rings. The summed E-state index contributed by atoms with van der Waals surface area (Å²) >= 11 is 1.86. The van der Waals surface area contributed by atoms with E-state index in [0.29, 0.717) is 31.0 Å². The smallest absolute Gasteiger partial charge is 0.407 e. The van der Waals surface area contributed by atoms with Crippen LogP contribution in [0.4, 0.5) is 4.79 Å². The molecule has 0 unspecified atom stereocenters. The highest BCUT2D eigenvalue weighted by molar-refractivity contribution is 7.99. The highest BCUT2D eigenvalue weighted by Crippen LogP contribution is 2.22. The van der Waals surface area contributed by atoms with Crippen LogP contribution >= 0.6 is 11.8 Å². The number of ether oxygens (including phenoxy) is 2. The third-order valence-electron chi connectivity index (χ3n) is 3.48. The van der Waals surface area contributed by atoms with Crippen LogP contribution in [0, 0.1) is 0 Å². The minimum absolute atomic E-state index is 0.171. The largest absolute Gasteiger partial charge is 0.473 e. The number of carbonyl (C=O) groups is 2. The predicted molar refractivity (Wildman–Crippen MR) is 102 cm³/mol. The molecule has 2 N–H and O–H groups in total. The van der Waals surface area contributed by atoms with Crippen LogP contribution in [-0.4, -0.2) is 53.3 Å². The summed E-state index contributed by atoms with van der Waals surface area (Å²) in [7, 11) is 0. The Kier molecular flexibility index (Phi) is 7.56. The van der Waals surface area contributed by atoms with Crippen LogP contribution in [0.3, 0.4) is 0 Å². The molecule has 0 aromatic carbocycles. The maximum atomic E-state index is 12.2. The van der Waals surface area contributed by atoms with Gasteiger partial charge in [-0.25, -0.2) is 9.78 Å². The van der Waals surface area contributed by atoms with Gasteiger partial charge in [0, 0.05) is 36.7 Å². The van der Waals surface area contributed by atoms with Gasteiger partial charge in [-0.1, -0.05) is 0 Å². The van der Waals surface area contributed by atoms with Gasteiger partial charge in [0.15, 0.2) is 0 Å². The van der Waals surface area contributed by atoms with E-state index in [1.165, 1.54) is 0 Å². The highest BCUT2D eigenvalue weighted by atomic mass is 32.2. The van der Waals surface area contributed by atoms with Gasteiger partial charge in [-0.15, -0.1) is 0 Å². The van der Waals surface area contributed by atoms with Gasteiger partial charge in [0.25, 0.3) is 5.91 Å². The minimum atomic E-state index is -0.517. The van der Waals surface area contributed by atoms with Crippen molar-refractivity contribution in [2.24, 2.45) is 0 Å². The van der Waals surface area contributed by atoms with Gasteiger partial charge in [-0.3, -0.25) is 4.79 Å². The molecule has 0 saturated carbocycles. The number of aromatic nitrogens is 1. The minimum Gasteiger partial charge on any atom is -0.473 e. The van der Waals surface area contributed by atoms with E-state index >= 15 is 0 Å². The standard InChI is InChI=1S/C18H27N3O4S/c1-18(2,3)25-17(23)21-8-4-7-20-16(22)13-5-9-19-15(11-13)24-14-6-10-26-12-14/h5,9,11,14H,4,6-8,10,12H2,1-3H3,(H,20,22)(H,21,23)/t14-/m0/s1. The summed E-state index contributed by atoms with van der Waals surface area (Å²) in [6.45, 7) is 6.31. The van der Waals surface area contributed by atoms with E-state index in [4.69, 9.17) is 9.47 Å². The molecule has 144 valence electrons. The van der Waals surface area contributed by atoms with Gasteiger partial charge >= 0.3 is 6.09 Å². The second-order valence-electron chi connectivity index (χ2n) is 7.02. The first-order valence-corrected chi connectivity index (χ1v) is 9.94. The molecule has 26 heavy (non-hydrogen) atoms. The van der Waals surface area contributed by atoms with Crippen molar-refractivity contribution >= 4 is 23.8 Å². The molecule has 2 heterocycles. The zero-order chi connectivity index (χ0) is 19.0. The van der Waals surface area contributed by atoms with E-state index in [0.717, 1.165) is 17.9 Å². The van der Waals surface area contributed by atoms with Gasteiger partial charge in [0.1, 0.15) is 11.7 Å². The molecule has 0 aliphatic carbocycles. The number of hydrogen-bond donors (Lipinski definition) is 2. The fourth-order valence-corrected chi connectivity index (χ4v) is 3.38. The first-order chi connectivity index (χ1) is 12.3. The molecule has 1 aromatic heterocycles. The number of hydrogen-bond acceptors (Lipinski definition) is 6. The summed E-state index contributed by atoms with van der Waals surface area (Å²) in [5.41, 5.74) is -0.00267. The zero-order valence-electron chi connectivity index (χ0n) is 15.5. The van der Waals surface area contributed by atoms with Crippen LogP contribution < -0.4 is 15.4 Å². The molecule has 1 aliphatic rings. The molecule has 8 heteroatoms. The van der Waals surface area contributed by atoms with Gasteiger partial charge < -0.3 is 20.1 Å². The van der Waals surface area contributed by atoms with Gasteiger partial charge in [-0.05, 0) is 45.4 Å². The maximum Gasteiger partial charge on any atom is 0.407 e. The lowest BCUT2D eigenvalue weighted by atomic mass is 10.2. The second-order valence-corrected chi connectivity index (χ2v) is 8.17. The third-order valence-corrected chi connectivity index (χ3v) is 4.61. The number of pyridine rings is 1. The Morgan fingerprint density at radius 1 is 1.31 bits per heavy atom. The summed E-state index contributed by atoms with van der Waals surface area (Å²) in [5.74, 6) is 2.36. The summed E-state index contributed by atoms with van der Waals surface area (Å²) in [6.07, 6.45) is 2.91. The molecule has 0 radical (unpaired) electrons. The molecule has 1 atom stereocenters. The average molecular weight is 381 g/mol. The summed E-state index contributed by atoms with van der Waals surface area (Å²) in [4.78, 5) is 27.9. The Balaban J connectivity index is 1.68. The first-order valence-electron chi connectivity index (χ1n) is 8.79. The molecular formula is C18H27N3O4S. The number of nitrogens with one attached hydrogen (secondary N) is 2. The third kappa shape index (κ3) is 7.51. The summed E-state index contributed by atoms with van der Waals surface area (Å²) in [6, 6.07) is 3.32. The van der Waals surface area contributed by atoms with Crippen molar-refractivity contribution < 1.29 is 19.1 Å². The van der Waals surface area contributed by atoms with Crippen LogP contribution in [0.15, 0.2) is 18.3 Å². The van der Waals surface area contributed by atoms with Crippen LogP contribution in [0.5, 0.6) is 5.88 Å². The summed E-state index contributed by atoms with van der Waals surface area (Å²) in [5, 5.41) is 5.48. The van der Waals surface area contributed by atoms with Crippen molar-refractivity contribution in [3.8, 4) is 5.88 Å². The molecule has 1 fully saturated rings. The normalized spacial score (nSPS) is 16.8. The average Bonchev–Trinajstić information content (AvgIpc) is 3.06. The maximum absolute atomic E-state index is 12.2. The van der Waals surface area contributed by atoms with Crippen molar-refractivity contribution in [1.82, 2.24) is 15.6 Å². The van der Waals surface area contributed by atoms with Crippen molar-refractivity contribution in [2.75, 3.05) is 24.6 Å². The van der Waals surface area contributed by atoms with E-state index in [1.807, 2.05) is 32.5 Å². The van der Waals surface area contributed by atoms with Crippen LogP contribution in [0.2, 0.25) is 0 Å². The van der Waals surface area contributed by atoms with Gasteiger partial charge in [-0.2, -0.15) is 11.8 Å². The molecule has 0 bridgehead atoms. The van der Waals surface area contributed by atoms with Crippen molar-refractivity contribution in [1.29, 1.82) is 0 Å². The SMILES string of the molecule is CC(C)(C)OC(=O)NCCCNC(=O)c1ccnc(O[C@H]2CCSC2)c1. The van der Waals surface area contributed by atoms with Crippen LogP contribution in [0.1, 0.15) is 44.0 Å². The van der Waals surface area contributed by atoms with Crippen LogP contribution in [0.25, 0.3) is 0 Å². The lowest BCUT2D eigenvalue weighted by Gasteiger charge is -2.19. The molecule has 7 nitrogen and oxygen atoms in total. The first kappa shape index (κ1) is 20.4. The molecule has 1 saturated heterocycles. The Bertz CT molecular complexity index is 613. The zero-order valence-corrected chi connectivity index (χ0v) is 16.4. The highest BCUT2D eigenvalue weighted by Gasteiger charge is 2.18. The number of rotatable bonds is 7. The van der Waals surface area contributed by atoms with Gasteiger partial charge in [0.05, 0.1) is 0 Å². The molecule has 1 aliphatic heterocycles. The van der Waals surface area contributed by atoms with E-state index < -0.39 is 11.7 Å². The van der Waals surface area contributed by atoms with Crippen LogP contribution in [-0.2, 0) is 4.74 Å². The van der Waals surface area contributed by atoms with E-state index in [9.17, 15) is 9.59 Å². The lowest BCUT2D eigenvalue weighted by molar-refractivity contribution is 0.0527. The molecule has 2 amide bonds. The molecule has 2 rings (SSSR count). The van der Waals surface area contributed by atoms with E-state index in [1.54, 1.807) is 18.3 Å². The van der Waals surface area contributed by atoms with Crippen molar-refractivity contribution in [3.05, 3.63) is 23.9 Å². The lowest BCUT2D eigenvalue weighted by Crippen LogP contribution is -2.34. The topological polar surface area (TPSA) is 89.6 Å². The quantitative estimate of drug-likeness (QED) is 0.706. The van der Waals surface area contributed by atoms with Crippen molar-refractivity contribution in [3.63, 3.8) is 0 Å². The number of amides is 2. The monoisotopic (exact) mass is 381 g/mol.